The summed E-state index contributed by atoms with van der Waals surface area (Å²) in [7, 11) is -3.32. The lowest BCUT2D eigenvalue weighted by atomic mass is 10.1. The smallest absolute Gasteiger partial charge is 0.222 e. The van der Waals surface area contributed by atoms with Gasteiger partial charge in [0.25, 0.3) is 0 Å². The zero-order valence-electron chi connectivity index (χ0n) is 14.1. The second-order valence-electron chi connectivity index (χ2n) is 6.09. The van der Waals surface area contributed by atoms with Crippen LogP contribution >= 0.6 is 0 Å². The van der Waals surface area contributed by atoms with E-state index in [0.717, 1.165) is 5.69 Å². The van der Waals surface area contributed by atoms with Gasteiger partial charge in [0.05, 0.1) is 43.3 Å². The van der Waals surface area contributed by atoms with Crippen molar-refractivity contribution in [3.63, 3.8) is 0 Å². The molecule has 2 aromatic rings. The molecule has 0 radical (unpaired) electrons. The number of hydrogen-bond donors (Lipinski definition) is 1. The number of amides is 1. The normalized spacial score (nSPS) is 18.0. The van der Waals surface area contributed by atoms with E-state index in [1.54, 1.807) is 35.3 Å². The number of hydrogen-bond acceptors (Lipinski definition) is 5. The van der Waals surface area contributed by atoms with Crippen molar-refractivity contribution in [3.05, 3.63) is 42.1 Å². The van der Waals surface area contributed by atoms with Crippen LogP contribution in [0, 0.1) is 0 Å². The zero-order valence-corrected chi connectivity index (χ0v) is 14.9. The van der Waals surface area contributed by atoms with Crippen LogP contribution < -0.4 is 5.32 Å². The molecule has 0 saturated carbocycles. The van der Waals surface area contributed by atoms with Gasteiger partial charge in [-0.2, -0.15) is 9.40 Å². The Morgan fingerprint density at radius 2 is 2.28 bits per heavy atom. The van der Waals surface area contributed by atoms with Crippen LogP contribution in [0.4, 0.5) is 0 Å². The number of rotatable bonds is 7. The molecule has 0 fully saturated rings. The molecule has 1 aliphatic heterocycles. The van der Waals surface area contributed by atoms with Gasteiger partial charge in [-0.3, -0.25) is 9.48 Å². The Labute approximate surface area is 146 Å². The summed E-state index contributed by atoms with van der Waals surface area (Å²) in [5.41, 5.74) is 0.801. The maximum atomic E-state index is 12.4. The van der Waals surface area contributed by atoms with Crippen molar-refractivity contribution in [2.24, 2.45) is 0 Å². The molecule has 9 heteroatoms. The minimum absolute atomic E-state index is 0.110. The molecule has 3 heterocycles. The van der Waals surface area contributed by atoms with Crippen molar-refractivity contribution < 1.29 is 17.6 Å². The van der Waals surface area contributed by atoms with E-state index in [1.165, 1.54) is 4.31 Å². The van der Waals surface area contributed by atoms with E-state index in [0.29, 0.717) is 25.3 Å². The van der Waals surface area contributed by atoms with Crippen molar-refractivity contribution in [1.29, 1.82) is 0 Å². The molecular weight excluding hydrogens is 344 g/mol. The molecule has 0 saturated heterocycles. The number of carbonyl (C=O) groups is 1. The largest absolute Gasteiger partial charge is 0.467 e. The molecular formula is C16H22N4O4S. The molecule has 1 aliphatic rings. The van der Waals surface area contributed by atoms with Crippen LogP contribution in [0.3, 0.4) is 0 Å². The summed E-state index contributed by atoms with van der Waals surface area (Å²) in [5, 5.41) is 7.05. The molecule has 1 amide bonds. The Morgan fingerprint density at radius 1 is 1.44 bits per heavy atom. The van der Waals surface area contributed by atoms with Crippen molar-refractivity contribution in [2.45, 2.75) is 38.9 Å². The minimum atomic E-state index is -3.32. The molecule has 136 valence electrons. The van der Waals surface area contributed by atoms with Crippen molar-refractivity contribution in [2.75, 3.05) is 12.3 Å². The molecule has 3 rings (SSSR count). The molecule has 25 heavy (non-hydrogen) atoms. The molecule has 0 aromatic carbocycles. The third-order valence-electron chi connectivity index (χ3n) is 4.17. The second-order valence-corrected chi connectivity index (χ2v) is 8.18. The zero-order chi connectivity index (χ0) is 17.9. The summed E-state index contributed by atoms with van der Waals surface area (Å²) in [6.45, 7) is 2.70. The predicted molar refractivity (Wildman–Crippen MR) is 90.9 cm³/mol. The summed E-state index contributed by atoms with van der Waals surface area (Å²) < 4.78 is 33.2. The van der Waals surface area contributed by atoms with E-state index < -0.39 is 10.0 Å². The monoisotopic (exact) mass is 366 g/mol. The molecule has 2 aromatic heterocycles. The fourth-order valence-corrected chi connectivity index (χ4v) is 4.49. The van der Waals surface area contributed by atoms with Crippen LogP contribution in [-0.2, 0) is 27.9 Å². The second kappa shape index (κ2) is 7.40. The van der Waals surface area contributed by atoms with Gasteiger partial charge in [-0.05, 0) is 24.6 Å². The number of furan rings is 1. The quantitative estimate of drug-likeness (QED) is 0.796. The Balaban J connectivity index is 1.68. The van der Waals surface area contributed by atoms with Crippen molar-refractivity contribution in [3.8, 4) is 0 Å². The molecule has 0 aliphatic carbocycles. The average Bonchev–Trinajstić information content (AvgIpc) is 3.24. The Bertz CT molecular complexity index is 813. The number of carbonyl (C=O) groups excluding carboxylic acids is 1. The molecule has 1 atom stereocenters. The van der Waals surface area contributed by atoms with Crippen LogP contribution in [0.25, 0.3) is 0 Å². The van der Waals surface area contributed by atoms with Crippen LogP contribution in [-0.4, -0.2) is 40.7 Å². The minimum Gasteiger partial charge on any atom is -0.467 e. The molecule has 1 N–H and O–H groups in total. The summed E-state index contributed by atoms with van der Waals surface area (Å²) >= 11 is 0. The Kier molecular flexibility index (Phi) is 5.24. The first kappa shape index (κ1) is 17.7. The van der Waals surface area contributed by atoms with Gasteiger partial charge in [-0.25, -0.2) is 8.42 Å². The summed E-state index contributed by atoms with van der Waals surface area (Å²) in [6, 6.07) is 5.02. The molecule has 0 bridgehead atoms. The van der Waals surface area contributed by atoms with Crippen LogP contribution in [0.1, 0.15) is 37.3 Å². The van der Waals surface area contributed by atoms with Crippen molar-refractivity contribution in [1.82, 2.24) is 19.4 Å². The maximum Gasteiger partial charge on any atom is 0.222 e. The highest BCUT2D eigenvalue weighted by Gasteiger charge is 2.33. The van der Waals surface area contributed by atoms with Gasteiger partial charge in [0.2, 0.25) is 15.9 Å². The van der Waals surface area contributed by atoms with Crippen LogP contribution in [0.5, 0.6) is 0 Å². The lowest BCUT2D eigenvalue weighted by Gasteiger charge is -2.32. The average molecular weight is 366 g/mol. The van der Waals surface area contributed by atoms with Gasteiger partial charge in [-0.1, -0.05) is 6.92 Å². The summed E-state index contributed by atoms with van der Waals surface area (Å²) in [5.74, 6) is 0.611. The first-order valence-electron chi connectivity index (χ1n) is 8.29. The standard InChI is InChI=1S/C16H22N4O4S/c1-2-8-25(22,23)19-11-13-5-6-18-20(13)14(12-19)9-16(21)17-10-15-4-3-7-24-15/h3-7,14H,2,8-12H2,1H3,(H,17,21)/t14-/m0/s1. The third kappa shape index (κ3) is 4.10. The van der Waals surface area contributed by atoms with E-state index in [4.69, 9.17) is 4.42 Å². The highest BCUT2D eigenvalue weighted by Crippen LogP contribution is 2.25. The number of aromatic nitrogens is 2. The first-order chi connectivity index (χ1) is 12.0. The maximum absolute atomic E-state index is 12.4. The van der Waals surface area contributed by atoms with E-state index in [9.17, 15) is 13.2 Å². The SMILES string of the molecule is CCCS(=O)(=O)N1Cc2ccnn2[C@@H](CC(=O)NCc2ccco2)C1. The fraction of sp³-hybridized carbons (Fsp3) is 0.500. The van der Waals surface area contributed by atoms with E-state index in [-0.39, 0.29) is 30.7 Å². The number of fused-ring (bicyclic) bond motifs is 1. The highest BCUT2D eigenvalue weighted by molar-refractivity contribution is 7.89. The van der Waals surface area contributed by atoms with E-state index in [1.807, 2.05) is 6.92 Å². The van der Waals surface area contributed by atoms with E-state index in [2.05, 4.69) is 10.4 Å². The Morgan fingerprint density at radius 3 is 3.00 bits per heavy atom. The van der Waals surface area contributed by atoms with E-state index >= 15 is 0 Å². The lowest BCUT2D eigenvalue weighted by molar-refractivity contribution is -0.122. The predicted octanol–water partition coefficient (Wildman–Crippen LogP) is 1.28. The summed E-state index contributed by atoms with van der Waals surface area (Å²) in [6.07, 6.45) is 3.91. The van der Waals surface area contributed by atoms with Crippen LogP contribution in [0.15, 0.2) is 35.1 Å². The van der Waals surface area contributed by atoms with Gasteiger partial charge in [0.1, 0.15) is 5.76 Å². The van der Waals surface area contributed by atoms with Gasteiger partial charge in [-0.15, -0.1) is 0 Å². The third-order valence-corrected chi connectivity index (χ3v) is 6.16. The van der Waals surface area contributed by atoms with Gasteiger partial charge < -0.3 is 9.73 Å². The van der Waals surface area contributed by atoms with Gasteiger partial charge in [0.15, 0.2) is 0 Å². The number of nitrogens with zero attached hydrogens (tertiary/aromatic N) is 3. The first-order valence-corrected chi connectivity index (χ1v) is 9.90. The lowest BCUT2D eigenvalue weighted by Crippen LogP contribution is -2.43. The molecule has 0 spiro atoms. The fourth-order valence-electron chi connectivity index (χ4n) is 2.99. The molecule has 8 nitrogen and oxygen atoms in total. The van der Waals surface area contributed by atoms with Crippen LogP contribution in [0.2, 0.25) is 0 Å². The highest BCUT2D eigenvalue weighted by atomic mass is 32.2. The number of sulfonamides is 1. The van der Waals surface area contributed by atoms with Gasteiger partial charge in [0, 0.05) is 12.7 Å². The summed E-state index contributed by atoms with van der Waals surface area (Å²) in [4.78, 5) is 12.3. The topological polar surface area (TPSA) is 97.4 Å². The number of nitrogens with one attached hydrogen (secondary N) is 1. The van der Waals surface area contributed by atoms with Crippen molar-refractivity contribution >= 4 is 15.9 Å². The Hall–Kier alpha value is -2.13. The molecule has 0 unspecified atom stereocenters. The van der Waals surface area contributed by atoms with Gasteiger partial charge >= 0.3 is 0 Å².